The molecule has 7 heteroatoms. The van der Waals surface area contributed by atoms with Gasteiger partial charge < -0.3 is 4.74 Å². The number of carbonyl (C=O) groups is 1. The monoisotopic (exact) mass is 226 g/mol. The van der Waals surface area contributed by atoms with Gasteiger partial charge in [-0.1, -0.05) is 6.92 Å². The van der Waals surface area contributed by atoms with Crippen LogP contribution in [0.4, 0.5) is 15.0 Å². The van der Waals surface area contributed by atoms with Crippen molar-refractivity contribution in [3.63, 3.8) is 0 Å². The summed E-state index contributed by atoms with van der Waals surface area (Å²) >= 11 is 0. The molecule has 0 spiro atoms. The molecule has 1 aromatic heterocycles. The number of cyclic esters (lactones) is 1. The van der Waals surface area contributed by atoms with Crippen LogP contribution in [-0.4, -0.2) is 29.2 Å². The molecule has 0 atom stereocenters. The maximum Gasteiger partial charge on any atom is 0.426 e. The molecule has 1 fully saturated rings. The Bertz CT molecular complexity index is 412. The molecule has 0 bridgehead atoms. The van der Waals surface area contributed by atoms with Gasteiger partial charge in [0, 0.05) is 0 Å². The summed E-state index contributed by atoms with van der Waals surface area (Å²) in [6.07, 6.45) is 1.14. The Morgan fingerprint density at radius 1 is 1.62 bits per heavy atom. The van der Waals surface area contributed by atoms with E-state index in [1.165, 1.54) is 11.3 Å². The van der Waals surface area contributed by atoms with Crippen LogP contribution in [0, 0.1) is 5.82 Å². The van der Waals surface area contributed by atoms with Crippen molar-refractivity contribution in [1.82, 2.24) is 15.4 Å². The van der Waals surface area contributed by atoms with Crippen LogP contribution in [0.25, 0.3) is 0 Å². The molecular weight excluding hydrogens is 215 g/mol. The second kappa shape index (κ2) is 4.30. The number of nitrogens with one attached hydrogen (secondary N) is 1. The lowest BCUT2D eigenvalue weighted by molar-refractivity contribution is 0.131. The second-order valence-corrected chi connectivity index (χ2v) is 3.21. The molecule has 1 aliphatic heterocycles. The quantitative estimate of drug-likeness (QED) is 0.801. The van der Waals surface area contributed by atoms with E-state index in [0.717, 1.165) is 0 Å². The predicted molar refractivity (Wildman–Crippen MR) is 53.2 cm³/mol. The lowest BCUT2D eigenvalue weighted by Crippen LogP contribution is -2.50. The van der Waals surface area contributed by atoms with E-state index in [4.69, 9.17) is 0 Å². The van der Waals surface area contributed by atoms with Crippen molar-refractivity contribution in [2.75, 3.05) is 18.2 Å². The van der Waals surface area contributed by atoms with Gasteiger partial charge in [-0.2, -0.15) is 0 Å². The molecule has 0 unspecified atom stereocenters. The lowest BCUT2D eigenvalue weighted by Gasteiger charge is -2.28. The van der Waals surface area contributed by atoms with Crippen molar-refractivity contribution >= 4 is 11.9 Å². The first-order chi connectivity index (χ1) is 7.72. The molecule has 86 valence electrons. The smallest absolute Gasteiger partial charge is 0.426 e. The van der Waals surface area contributed by atoms with Gasteiger partial charge in [0.2, 0.25) is 0 Å². The van der Waals surface area contributed by atoms with Crippen LogP contribution in [-0.2, 0) is 11.2 Å². The van der Waals surface area contributed by atoms with Crippen LogP contribution in [0.3, 0.4) is 0 Å². The number of anilines is 1. The van der Waals surface area contributed by atoms with E-state index < -0.39 is 11.9 Å². The number of hydrogen-bond acceptors (Lipinski definition) is 5. The third kappa shape index (κ3) is 1.88. The van der Waals surface area contributed by atoms with Gasteiger partial charge in [-0.05, 0) is 6.42 Å². The molecule has 0 aromatic carbocycles. The Kier molecular flexibility index (Phi) is 2.84. The van der Waals surface area contributed by atoms with Crippen LogP contribution in [0.5, 0.6) is 0 Å². The first-order valence-electron chi connectivity index (χ1n) is 4.92. The van der Waals surface area contributed by atoms with E-state index in [-0.39, 0.29) is 12.4 Å². The Hall–Kier alpha value is -1.92. The fourth-order valence-corrected chi connectivity index (χ4v) is 1.42. The van der Waals surface area contributed by atoms with Crippen molar-refractivity contribution in [2.24, 2.45) is 0 Å². The Morgan fingerprint density at radius 2 is 2.44 bits per heavy atom. The van der Waals surface area contributed by atoms with E-state index in [0.29, 0.717) is 18.7 Å². The van der Waals surface area contributed by atoms with Crippen molar-refractivity contribution in [3.05, 3.63) is 17.8 Å². The van der Waals surface area contributed by atoms with Crippen molar-refractivity contribution in [1.29, 1.82) is 0 Å². The summed E-state index contributed by atoms with van der Waals surface area (Å²) in [5.74, 6) is -0.435. The maximum atomic E-state index is 13.8. The van der Waals surface area contributed by atoms with Crippen LogP contribution < -0.4 is 10.4 Å². The number of carbonyl (C=O) groups excluding carboxylic acids is 1. The summed E-state index contributed by atoms with van der Waals surface area (Å²) in [6, 6.07) is 0. The summed E-state index contributed by atoms with van der Waals surface area (Å²) in [5, 5.41) is 1.32. The highest BCUT2D eigenvalue weighted by Crippen LogP contribution is 2.17. The third-order valence-electron chi connectivity index (χ3n) is 2.21. The summed E-state index contributed by atoms with van der Waals surface area (Å²) in [5.41, 5.74) is 2.69. The molecule has 1 aliphatic rings. The van der Waals surface area contributed by atoms with Gasteiger partial charge in [-0.25, -0.2) is 24.6 Å². The van der Waals surface area contributed by atoms with Crippen LogP contribution in [0.15, 0.2) is 6.33 Å². The maximum absolute atomic E-state index is 13.8. The molecule has 0 radical (unpaired) electrons. The van der Waals surface area contributed by atoms with Crippen LogP contribution in [0.2, 0.25) is 0 Å². The fraction of sp³-hybridized carbons (Fsp3) is 0.444. The molecule has 6 nitrogen and oxygen atoms in total. The molecular formula is C9H11FN4O2. The molecule has 2 rings (SSSR count). The Balaban J connectivity index is 2.29. The fourth-order valence-electron chi connectivity index (χ4n) is 1.42. The molecule has 1 amide bonds. The second-order valence-electron chi connectivity index (χ2n) is 3.21. The largest absolute Gasteiger partial charge is 0.446 e. The van der Waals surface area contributed by atoms with E-state index in [9.17, 15) is 9.18 Å². The third-order valence-corrected chi connectivity index (χ3v) is 2.21. The summed E-state index contributed by atoms with van der Waals surface area (Å²) in [4.78, 5) is 18.6. The lowest BCUT2D eigenvalue weighted by atomic mass is 10.3. The molecule has 0 aliphatic carbocycles. The van der Waals surface area contributed by atoms with Gasteiger partial charge in [-0.3, -0.25) is 5.01 Å². The number of nitrogens with zero attached hydrogens (tertiary/aromatic N) is 3. The first kappa shape index (κ1) is 10.6. The number of hydrogen-bond donors (Lipinski definition) is 1. The SMILES string of the molecule is CCc1ncnc(N2CCOC(=O)N2)c1F. The van der Waals surface area contributed by atoms with Crippen molar-refractivity contribution < 1.29 is 13.9 Å². The topological polar surface area (TPSA) is 67.3 Å². The number of hydrazine groups is 1. The molecule has 16 heavy (non-hydrogen) atoms. The number of halogens is 1. The minimum absolute atomic E-state index is 0.0727. The van der Waals surface area contributed by atoms with Gasteiger partial charge in [0.15, 0.2) is 11.6 Å². The van der Waals surface area contributed by atoms with Gasteiger partial charge in [0.1, 0.15) is 12.9 Å². The first-order valence-corrected chi connectivity index (χ1v) is 4.92. The zero-order valence-electron chi connectivity index (χ0n) is 8.73. The zero-order valence-corrected chi connectivity index (χ0v) is 8.73. The molecule has 1 N–H and O–H groups in total. The van der Waals surface area contributed by atoms with E-state index in [2.05, 4.69) is 20.1 Å². The van der Waals surface area contributed by atoms with E-state index in [1.54, 1.807) is 6.92 Å². The minimum Gasteiger partial charge on any atom is -0.446 e. The number of amides is 1. The summed E-state index contributed by atoms with van der Waals surface area (Å²) < 4.78 is 18.5. The van der Waals surface area contributed by atoms with Crippen LogP contribution in [0.1, 0.15) is 12.6 Å². The van der Waals surface area contributed by atoms with E-state index in [1.807, 2.05) is 0 Å². The number of rotatable bonds is 2. The van der Waals surface area contributed by atoms with Crippen LogP contribution >= 0.6 is 0 Å². The Labute approximate surface area is 91.4 Å². The number of ether oxygens (including phenoxy) is 1. The molecule has 1 aromatic rings. The molecule has 0 saturated carbocycles. The molecule has 1 saturated heterocycles. The highest BCUT2D eigenvalue weighted by molar-refractivity contribution is 5.70. The predicted octanol–water partition coefficient (Wildman–Crippen LogP) is 0.639. The normalized spacial score (nSPS) is 15.6. The standard InChI is InChI=1S/C9H11FN4O2/c1-2-6-7(10)8(12-5-11-6)14-3-4-16-9(15)13-14/h5H,2-4H2,1H3,(H,13,15). The Morgan fingerprint density at radius 3 is 3.12 bits per heavy atom. The zero-order chi connectivity index (χ0) is 11.5. The highest BCUT2D eigenvalue weighted by Gasteiger charge is 2.22. The average Bonchev–Trinajstić information content (AvgIpc) is 2.29. The number of aromatic nitrogens is 2. The highest BCUT2D eigenvalue weighted by atomic mass is 19.1. The number of aryl methyl sites for hydroxylation is 1. The average molecular weight is 226 g/mol. The van der Waals surface area contributed by atoms with Gasteiger partial charge in [0.25, 0.3) is 0 Å². The van der Waals surface area contributed by atoms with E-state index >= 15 is 0 Å². The van der Waals surface area contributed by atoms with Gasteiger partial charge in [0.05, 0.1) is 12.2 Å². The van der Waals surface area contributed by atoms with Crippen molar-refractivity contribution in [2.45, 2.75) is 13.3 Å². The minimum atomic E-state index is -0.609. The summed E-state index contributed by atoms with van der Waals surface area (Å²) in [7, 11) is 0. The summed E-state index contributed by atoms with van der Waals surface area (Å²) in [6.45, 7) is 2.35. The molecule has 2 heterocycles. The van der Waals surface area contributed by atoms with Gasteiger partial charge >= 0.3 is 6.09 Å². The van der Waals surface area contributed by atoms with Crippen molar-refractivity contribution in [3.8, 4) is 0 Å². The van der Waals surface area contributed by atoms with Gasteiger partial charge in [-0.15, -0.1) is 0 Å².